The minimum absolute atomic E-state index is 0.0225. The highest BCUT2D eigenvalue weighted by atomic mass is 16.5. The van der Waals surface area contributed by atoms with E-state index >= 15 is 0 Å². The molecule has 3 aromatic carbocycles. The van der Waals surface area contributed by atoms with Crippen LogP contribution in [-0.4, -0.2) is 37.6 Å². The van der Waals surface area contributed by atoms with Crippen LogP contribution in [0.4, 0.5) is 5.69 Å². The summed E-state index contributed by atoms with van der Waals surface area (Å²) in [5.41, 5.74) is 3.55. The second-order valence-electron chi connectivity index (χ2n) is 9.99. The van der Waals surface area contributed by atoms with Crippen molar-refractivity contribution in [2.45, 2.75) is 40.2 Å². The second-order valence-corrected chi connectivity index (χ2v) is 9.99. The van der Waals surface area contributed by atoms with Crippen molar-refractivity contribution in [1.29, 1.82) is 0 Å². The SMILES string of the molecule is CCc1ccc(C2/C(=C(\O)c3ccc(OCC(C)C)c(C)c3)C(=O)C(=O)N2c2ccc(OC)c(OC)c2)cc1. The molecule has 0 aliphatic carbocycles. The number of hydrogen-bond acceptors (Lipinski definition) is 6. The van der Waals surface area contributed by atoms with Crippen LogP contribution in [0.15, 0.2) is 66.2 Å². The van der Waals surface area contributed by atoms with E-state index in [1.807, 2.05) is 31.2 Å². The normalized spacial score (nSPS) is 16.6. The number of hydrogen-bond donors (Lipinski definition) is 1. The summed E-state index contributed by atoms with van der Waals surface area (Å²) >= 11 is 0. The average molecular weight is 530 g/mol. The number of methoxy groups -OCH3 is 2. The van der Waals surface area contributed by atoms with E-state index < -0.39 is 17.7 Å². The van der Waals surface area contributed by atoms with E-state index in [2.05, 4.69) is 20.8 Å². The van der Waals surface area contributed by atoms with Crippen LogP contribution in [0.25, 0.3) is 5.76 Å². The van der Waals surface area contributed by atoms with Crippen molar-refractivity contribution in [3.63, 3.8) is 0 Å². The van der Waals surface area contributed by atoms with E-state index in [-0.39, 0.29) is 11.3 Å². The van der Waals surface area contributed by atoms with Gasteiger partial charge in [0, 0.05) is 17.3 Å². The quantitative estimate of drug-likeness (QED) is 0.201. The molecule has 1 aliphatic heterocycles. The lowest BCUT2D eigenvalue weighted by Gasteiger charge is -2.26. The van der Waals surface area contributed by atoms with Gasteiger partial charge < -0.3 is 19.3 Å². The topological polar surface area (TPSA) is 85.3 Å². The van der Waals surface area contributed by atoms with Gasteiger partial charge in [0.25, 0.3) is 11.7 Å². The van der Waals surface area contributed by atoms with Gasteiger partial charge in [0.05, 0.1) is 32.4 Å². The van der Waals surface area contributed by atoms with Gasteiger partial charge in [-0.2, -0.15) is 0 Å². The molecule has 1 unspecified atom stereocenters. The Morgan fingerprint density at radius 1 is 0.923 bits per heavy atom. The Kier molecular flexibility index (Phi) is 8.29. The Morgan fingerprint density at radius 3 is 2.18 bits per heavy atom. The monoisotopic (exact) mass is 529 g/mol. The molecule has 0 aromatic heterocycles. The number of anilines is 1. The molecule has 1 saturated heterocycles. The molecule has 4 rings (SSSR count). The molecule has 1 heterocycles. The van der Waals surface area contributed by atoms with Crippen molar-refractivity contribution in [3.8, 4) is 17.2 Å². The molecular formula is C32H35NO6. The first-order valence-corrected chi connectivity index (χ1v) is 13.1. The van der Waals surface area contributed by atoms with E-state index in [1.54, 1.807) is 36.4 Å². The summed E-state index contributed by atoms with van der Waals surface area (Å²) in [6.07, 6.45) is 0.848. The van der Waals surface area contributed by atoms with E-state index in [0.29, 0.717) is 46.6 Å². The molecule has 7 nitrogen and oxygen atoms in total. The molecule has 1 amide bonds. The number of Topliss-reactive ketones (excluding diaryl/α,β-unsaturated/α-hetero) is 1. The number of amides is 1. The van der Waals surface area contributed by atoms with Crippen molar-refractivity contribution >= 4 is 23.1 Å². The zero-order valence-electron chi connectivity index (χ0n) is 23.3. The number of carbonyl (C=O) groups is 2. The van der Waals surface area contributed by atoms with Crippen molar-refractivity contribution in [2.24, 2.45) is 5.92 Å². The number of aliphatic hydroxyl groups excluding tert-OH is 1. The van der Waals surface area contributed by atoms with Gasteiger partial charge in [-0.05, 0) is 66.3 Å². The molecule has 204 valence electrons. The highest BCUT2D eigenvalue weighted by Crippen LogP contribution is 2.44. The summed E-state index contributed by atoms with van der Waals surface area (Å²) in [5.74, 6) is 0.259. The summed E-state index contributed by atoms with van der Waals surface area (Å²) in [6.45, 7) is 8.65. The van der Waals surface area contributed by atoms with Crippen LogP contribution in [0.1, 0.15) is 49.1 Å². The molecule has 39 heavy (non-hydrogen) atoms. The minimum atomic E-state index is -0.841. The number of nitrogens with zero attached hydrogens (tertiary/aromatic N) is 1. The predicted molar refractivity (Wildman–Crippen MR) is 152 cm³/mol. The summed E-state index contributed by atoms with van der Waals surface area (Å²) in [7, 11) is 3.04. The number of benzene rings is 3. The average Bonchev–Trinajstić information content (AvgIpc) is 3.21. The van der Waals surface area contributed by atoms with Crippen LogP contribution in [0.5, 0.6) is 17.2 Å². The number of aliphatic hydroxyl groups is 1. The van der Waals surface area contributed by atoms with Gasteiger partial charge in [-0.3, -0.25) is 14.5 Å². The standard InChI is InChI=1S/C32H35NO6/c1-7-21-8-10-22(11-9-21)29-28(30(34)23-12-14-25(20(4)16-23)39-18-19(2)3)31(35)32(36)33(29)24-13-15-26(37-5)27(17-24)38-6/h8-17,19,29,34H,7,18H2,1-6H3/b30-28+. The van der Waals surface area contributed by atoms with Gasteiger partial charge in [-0.15, -0.1) is 0 Å². The number of rotatable bonds is 9. The fourth-order valence-electron chi connectivity index (χ4n) is 4.70. The summed E-state index contributed by atoms with van der Waals surface area (Å²) in [6, 6.07) is 17.2. The number of carbonyl (C=O) groups excluding carboxylic acids is 2. The second kappa shape index (κ2) is 11.6. The Labute approximate surface area is 229 Å². The van der Waals surface area contributed by atoms with E-state index in [4.69, 9.17) is 14.2 Å². The summed E-state index contributed by atoms with van der Waals surface area (Å²) < 4.78 is 16.7. The minimum Gasteiger partial charge on any atom is -0.507 e. The van der Waals surface area contributed by atoms with Crippen molar-refractivity contribution in [2.75, 3.05) is 25.7 Å². The largest absolute Gasteiger partial charge is 0.507 e. The predicted octanol–water partition coefficient (Wildman–Crippen LogP) is 6.24. The van der Waals surface area contributed by atoms with Gasteiger partial charge in [0.15, 0.2) is 11.5 Å². The lowest BCUT2D eigenvalue weighted by atomic mass is 9.94. The van der Waals surface area contributed by atoms with Crippen molar-refractivity contribution < 1.29 is 28.9 Å². The molecule has 1 aliphatic rings. The van der Waals surface area contributed by atoms with E-state index in [1.165, 1.54) is 19.1 Å². The molecule has 1 atom stereocenters. The van der Waals surface area contributed by atoms with Gasteiger partial charge in [-0.1, -0.05) is 45.0 Å². The van der Waals surface area contributed by atoms with Crippen molar-refractivity contribution in [1.82, 2.24) is 0 Å². The smallest absolute Gasteiger partial charge is 0.300 e. The maximum absolute atomic E-state index is 13.5. The maximum atomic E-state index is 13.5. The molecule has 0 radical (unpaired) electrons. The highest BCUT2D eigenvalue weighted by molar-refractivity contribution is 6.51. The zero-order chi connectivity index (χ0) is 28.3. The third-order valence-electron chi connectivity index (χ3n) is 6.81. The molecule has 1 fully saturated rings. The Balaban J connectivity index is 1.87. The molecule has 1 N–H and O–H groups in total. The summed E-state index contributed by atoms with van der Waals surface area (Å²) in [5, 5.41) is 11.5. The van der Waals surface area contributed by atoms with Crippen LogP contribution in [-0.2, 0) is 16.0 Å². The first-order chi connectivity index (χ1) is 18.7. The van der Waals surface area contributed by atoms with Gasteiger partial charge in [0.1, 0.15) is 11.5 Å². The number of aryl methyl sites for hydroxylation is 2. The molecular weight excluding hydrogens is 494 g/mol. The van der Waals surface area contributed by atoms with Crippen LogP contribution in [0.2, 0.25) is 0 Å². The third-order valence-corrected chi connectivity index (χ3v) is 6.81. The van der Waals surface area contributed by atoms with Crippen LogP contribution < -0.4 is 19.1 Å². The van der Waals surface area contributed by atoms with Gasteiger partial charge in [-0.25, -0.2) is 0 Å². The first-order valence-electron chi connectivity index (χ1n) is 13.1. The lowest BCUT2D eigenvalue weighted by molar-refractivity contribution is -0.132. The highest BCUT2D eigenvalue weighted by Gasteiger charge is 2.47. The first kappa shape index (κ1) is 27.8. The van der Waals surface area contributed by atoms with E-state index in [0.717, 1.165) is 17.5 Å². The van der Waals surface area contributed by atoms with Gasteiger partial charge in [0.2, 0.25) is 0 Å². The van der Waals surface area contributed by atoms with Crippen LogP contribution >= 0.6 is 0 Å². The third kappa shape index (κ3) is 5.48. The Bertz CT molecular complexity index is 1410. The lowest BCUT2D eigenvalue weighted by Crippen LogP contribution is -2.29. The fourth-order valence-corrected chi connectivity index (χ4v) is 4.70. The van der Waals surface area contributed by atoms with Crippen LogP contribution in [0.3, 0.4) is 0 Å². The Morgan fingerprint density at radius 2 is 1.59 bits per heavy atom. The van der Waals surface area contributed by atoms with Crippen molar-refractivity contribution in [3.05, 3.63) is 88.5 Å². The number of ether oxygens (including phenoxy) is 3. The fraction of sp³-hybridized carbons (Fsp3) is 0.312. The number of ketones is 1. The summed E-state index contributed by atoms with van der Waals surface area (Å²) in [4.78, 5) is 28.5. The molecule has 7 heteroatoms. The van der Waals surface area contributed by atoms with Gasteiger partial charge >= 0.3 is 0 Å². The Hall–Kier alpha value is -4.26. The van der Waals surface area contributed by atoms with E-state index in [9.17, 15) is 14.7 Å². The molecule has 0 bridgehead atoms. The zero-order valence-corrected chi connectivity index (χ0v) is 23.3. The molecule has 0 spiro atoms. The molecule has 0 saturated carbocycles. The molecule has 3 aromatic rings. The van der Waals surface area contributed by atoms with Crippen LogP contribution in [0, 0.1) is 12.8 Å². The maximum Gasteiger partial charge on any atom is 0.300 e.